The van der Waals surface area contributed by atoms with Gasteiger partial charge >= 0.3 is 5.97 Å². The van der Waals surface area contributed by atoms with E-state index in [0.29, 0.717) is 6.29 Å². The van der Waals surface area contributed by atoms with Gasteiger partial charge in [0.25, 0.3) is 0 Å². The molecule has 116 valence electrons. The maximum atomic E-state index is 10.9. The van der Waals surface area contributed by atoms with Crippen LogP contribution in [0.3, 0.4) is 0 Å². The zero-order valence-corrected chi connectivity index (χ0v) is 10.9. The smallest absolute Gasteiger partial charge is 0.303 e. The molecule has 0 radical (unpaired) electrons. The van der Waals surface area contributed by atoms with Crippen LogP contribution in [-0.4, -0.2) is 68.5 Å². The van der Waals surface area contributed by atoms with E-state index in [1.165, 1.54) is 0 Å². The molecule has 0 aliphatic carbocycles. The molecule has 5 N–H and O–H groups in total. The van der Waals surface area contributed by atoms with Gasteiger partial charge in [0.05, 0.1) is 6.61 Å². The second-order valence-corrected chi connectivity index (χ2v) is 5.04. The molecule has 0 spiro atoms. The molecule has 1 rings (SSSR count). The number of hydrogen-bond donors (Lipinski definition) is 5. The first-order chi connectivity index (χ1) is 9.30. The van der Waals surface area contributed by atoms with E-state index in [2.05, 4.69) is 0 Å². The lowest BCUT2D eigenvalue weighted by atomic mass is 9.87. The number of aldehydes is 1. The second kappa shape index (κ2) is 7.09. The Balaban J connectivity index is 2.58. The van der Waals surface area contributed by atoms with Gasteiger partial charge in [-0.2, -0.15) is 0 Å². The molecular formula is C12H20O8. The van der Waals surface area contributed by atoms with Gasteiger partial charge in [0.2, 0.25) is 0 Å². The molecule has 0 saturated carbocycles. The normalized spacial score (nSPS) is 35.5. The number of ether oxygens (including phenoxy) is 1. The van der Waals surface area contributed by atoms with Crippen molar-refractivity contribution in [1.82, 2.24) is 0 Å². The van der Waals surface area contributed by atoms with Crippen molar-refractivity contribution in [3.63, 3.8) is 0 Å². The number of aliphatic hydroxyl groups excluding tert-OH is 3. The van der Waals surface area contributed by atoms with Gasteiger partial charge < -0.3 is 35.1 Å². The van der Waals surface area contributed by atoms with E-state index in [0.717, 1.165) is 0 Å². The predicted octanol–water partition coefficient (Wildman–Crippen LogP) is -1.75. The monoisotopic (exact) mass is 292 g/mol. The van der Waals surface area contributed by atoms with Crippen LogP contribution in [0.4, 0.5) is 0 Å². The highest BCUT2D eigenvalue weighted by atomic mass is 16.6. The summed E-state index contributed by atoms with van der Waals surface area (Å²) in [6, 6.07) is 0. The summed E-state index contributed by atoms with van der Waals surface area (Å²) in [6.45, 7) is -0.366. The molecule has 1 unspecified atom stereocenters. The topological polar surface area (TPSA) is 145 Å². The molecule has 1 aliphatic heterocycles. The largest absolute Gasteiger partial charge is 0.481 e. The minimum atomic E-state index is -2.13. The Kier molecular flexibility index (Phi) is 6.03. The molecule has 0 aromatic carbocycles. The lowest BCUT2D eigenvalue weighted by Crippen LogP contribution is -2.61. The van der Waals surface area contributed by atoms with Crippen molar-refractivity contribution >= 4 is 12.3 Å². The molecular weight excluding hydrogens is 272 g/mol. The lowest BCUT2D eigenvalue weighted by Gasteiger charge is -2.42. The number of aliphatic hydroxyl groups is 4. The number of rotatable bonds is 7. The minimum Gasteiger partial charge on any atom is -0.481 e. The van der Waals surface area contributed by atoms with E-state index in [1.54, 1.807) is 0 Å². The van der Waals surface area contributed by atoms with Crippen LogP contribution in [0.5, 0.6) is 0 Å². The van der Waals surface area contributed by atoms with Gasteiger partial charge in [-0.3, -0.25) is 4.79 Å². The van der Waals surface area contributed by atoms with E-state index in [4.69, 9.17) is 9.84 Å². The number of carbonyl (C=O) groups excluding carboxylic acids is 1. The van der Waals surface area contributed by atoms with Crippen molar-refractivity contribution in [3.05, 3.63) is 0 Å². The molecule has 20 heavy (non-hydrogen) atoms. The number of carboxylic acids is 1. The zero-order valence-electron chi connectivity index (χ0n) is 10.9. The average molecular weight is 292 g/mol. The molecule has 8 heteroatoms. The molecule has 1 heterocycles. The summed E-state index contributed by atoms with van der Waals surface area (Å²) in [7, 11) is 0. The van der Waals surface area contributed by atoms with Crippen LogP contribution in [0.1, 0.15) is 25.7 Å². The summed E-state index contributed by atoms with van der Waals surface area (Å²) in [4.78, 5) is 21.3. The first kappa shape index (κ1) is 17.0. The highest BCUT2D eigenvalue weighted by molar-refractivity contribution is 5.66. The van der Waals surface area contributed by atoms with E-state index >= 15 is 0 Å². The lowest BCUT2D eigenvalue weighted by molar-refractivity contribution is -0.326. The van der Waals surface area contributed by atoms with Crippen LogP contribution in [0.15, 0.2) is 0 Å². The Morgan fingerprint density at radius 3 is 2.60 bits per heavy atom. The molecule has 5 atom stereocenters. The van der Waals surface area contributed by atoms with E-state index in [9.17, 15) is 30.0 Å². The van der Waals surface area contributed by atoms with Crippen LogP contribution in [-0.2, 0) is 14.3 Å². The summed E-state index contributed by atoms with van der Waals surface area (Å²) in [6.07, 6.45) is -4.00. The van der Waals surface area contributed by atoms with Crippen LogP contribution in [0.2, 0.25) is 0 Å². The van der Waals surface area contributed by atoms with E-state index < -0.39 is 36.0 Å². The standard InChI is InChI=1S/C12H20O8/c13-5-7(2-1-3-9(15)16)4-12(19)11(18)10(17)8(14)6-20-12/h5,7-8,10-11,14,17-19H,1-4,6H2,(H,15,16)/t7?,8-,10+,11-,12-/m1/s1. The van der Waals surface area contributed by atoms with Gasteiger partial charge in [0.1, 0.15) is 24.6 Å². The van der Waals surface area contributed by atoms with Gasteiger partial charge in [0.15, 0.2) is 5.79 Å². The minimum absolute atomic E-state index is 0.104. The van der Waals surface area contributed by atoms with Crippen LogP contribution >= 0.6 is 0 Å². The summed E-state index contributed by atoms with van der Waals surface area (Å²) in [5, 5.41) is 47.2. The van der Waals surface area contributed by atoms with Gasteiger partial charge in [-0.25, -0.2) is 0 Å². The fourth-order valence-corrected chi connectivity index (χ4v) is 2.18. The molecule has 1 saturated heterocycles. The first-order valence-electron chi connectivity index (χ1n) is 6.37. The fourth-order valence-electron chi connectivity index (χ4n) is 2.18. The number of aliphatic carboxylic acids is 1. The number of carboxylic acid groups (broad SMARTS) is 1. The van der Waals surface area contributed by atoms with Gasteiger partial charge in [-0.15, -0.1) is 0 Å². The molecule has 0 amide bonds. The molecule has 8 nitrogen and oxygen atoms in total. The number of hydrogen-bond acceptors (Lipinski definition) is 7. The van der Waals surface area contributed by atoms with Gasteiger partial charge in [0, 0.05) is 18.8 Å². The Bertz CT molecular complexity index is 346. The quantitative estimate of drug-likeness (QED) is 0.347. The van der Waals surface area contributed by atoms with E-state index in [1.807, 2.05) is 0 Å². The van der Waals surface area contributed by atoms with Crippen molar-refractivity contribution in [1.29, 1.82) is 0 Å². The Morgan fingerprint density at radius 2 is 2.05 bits per heavy atom. The van der Waals surface area contributed by atoms with Crippen molar-refractivity contribution in [2.75, 3.05) is 6.61 Å². The predicted molar refractivity (Wildman–Crippen MR) is 64.6 cm³/mol. The summed E-state index contributed by atoms with van der Waals surface area (Å²) >= 11 is 0. The Morgan fingerprint density at radius 1 is 1.40 bits per heavy atom. The highest BCUT2D eigenvalue weighted by Gasteiger charge is 2.49. The summed E-state index contributed by atoms with van der Waals surface area (Å²) < 4.78 is 4.94. The van der Waals surface area contributed by atoms with Crippen molar-refractivity contribution in [2.24, 2.45) is 5.92 Å². The first-order valence-corrected chi connectivity index (χ1v) is 6.37. The maximum Gasteiger partial charge on any atom is 0.303 e. The Hall–Kier alpha value is -1.06. The number of carbonyl (C=O) groups is 2. The van der Waals surface area contributed by atoms with Crippen molar-refractivity contribution in [2.45, 2.75) is 49.8 Å². The van der Waals surface area contributed by atoms with Crippen LogP contribution in [0.25, 0.3) is 0 Å². The van der Waals surface area contributed by atoms with Crippen LogP contribution in [0, 0.1) is 5.92 Å². The van der Waals surface area contributed by atoms with E-state index in [-0.39, 0.29) is 32.3 Å². The summed E-state index contributed by atoms with van der Waals surface area (Å²) in [5.74, 6) is -3.83. The third kappa shape index (κ3) is 4.22. The van der Waals surface area contributed by atoms with Gasteiger partial charge in [-0.1, -0.05) is 0 Å². The van der Waals surface area contributed by atoms with Crippen molar-refractivity contribution < 1.29 is 39.9 Å². The third-order valence-electron chi connectivity index (χ3n) is 3.40. The van der Waals surface area contributed by atoms with Crippen molar-refractivity contribution in [3.8, 4) is 0 Å². The molecule has 0 aromatic heterocycles. The SMILES string of the molecule is O=CC(CCCC(=O)O)C[C@@]1(O)OC[C@@H](O)[C@H](O)[C@H]1O. The molecule has 1 aliphatic rings. The highest BCUT2D eigenvalue weighted by Crippen LogP contribution is 2.31. The molecule has 1 fully saturated rings. The third-order valence-corrected chi connectivity index (χ3v) is 3.40. The second-order valence-electron chi connectivity index (χ2n) is 5.04. The Labute approximate surface area is 115 Å². The average Bonchev–Trinajstić information content (AvgIpc) is 2.40. The maximum absolute atomic E-state index is 10.9. The molecule has 0 bridgehead atoms. The van der Waals surface area contributed by atoms with Crippen LogP contribution < -0.4 is 0 Å². The fraction of sp³-hybridized carbons (Fsp3) is 0.833. The van der Waals surface area contributed by atoms with Gasteiger partial charge in [-0.05, 0) is 12.8 Å². The summed E-state index contributed by atoms with van der Waals surface area (Å²) in [5.41, 5.74) is 0. The zero-order chi connectivity index (χ0) is 15.3. The molecule has 0 aromatic rings.